The van der Waals surface area contributed by atoms with Gasteiger partial charge in [0, 0.05) is 40.5 Å². The first-order valence-electron chi connectivity index (χ1n) is 36.6. The number of nitrogens with one attached hydrogen (secondary N) is 10. The van der Waals surface area contributed by atoms with Crippen LogP contribution in [0.25, 0.3) is 0 Å². The third kappa shape index (κ3) is 29.3. The Bertz CT molecular complexity index is 3210. The number of hydrogen-bond acceptors (Lipinski definition) is 33. The molecule has 4 rings (SSSR count). The maximum Gasteiger partial charge on any atom is 0.326 e. The van der Waals surface area contributed by atoms with Crippen LogP contribution in [0, 0.1) is 0 Å². The van der Waals surface area contributed by atoms with Gasteiger partial charge in [0.05, 0.1) is 26.4 Å². The van der Waals surface area contributed by atoms with Gasteiger partial charge in [0.25, 0.3) is 0 Å². The van der Waals surface area contributed by atoms with E-state index in [1.807, 2.05) is 0 Å². The Kier molecular flexibility index (Phi) is 40.4. The molecule has 28 unspecified atom stereocenters. The van der Waals surface area contributed by atoms with Gasteiger partial charge in [-0.2, -0.15) is 0 Å². The number of carboxylic acid groups (broad SMARTS) is 2. The fourth-order valence-corrected chi connectivity index (χ4v) is 12.6. The Morgan fingerprint density at radius 2 is 0.717 bits per heavy atom. The zero-order valence-corrected chi connectivity index (χ0v) is 63.7. The predicted octanol–water partition coefficient (Wildman–Crippen LogP) is -12.4. The molecule has 28 atom stereocenters. The molecule has 0 aliphatic carbocycles. The summed E-state index contributed by atoms with van der Waals surface area (Å²) in [5.41, 5.74) is 22.1. The number of aliphatic carboxylic acids is 2. The number of hydrogen-bond donors (Lipinski definition) is 24. The first-order valence-corrected chi connectivity index (χ1v) is 36.6. The van der Waals surface area contributed by atoms with E-state index in [2.05, 4.69) is 53.2 Å². The minimum Gasteiger partial charge on any atom is -0.480 e. The van der Waals surface area contributed by atoms with Crippen molar-refractivity contribution in [2.24, 2.45) is 22.9 Å². The number of primary amides is 2. The quantitative estimate of drug-likeness (QED) is 0.0252. The third-order valence-corrected chi connectivity index (χ3v) is 18.5. The number of aliphatic hydroxyl groups is 8. The zero-order chi connectivity index (χ0) is 85.0. The number of amides is 12. The van der Waals surface area contributed by atoms with Gasteiger partial charge < -0.3 is 170 Å². The van der Waals surface area contributed by atoms with Crippen LogP contribution in [-0.2, 0) is 110 Å². The molecule has 4 aliphatic rings. The highest BCUT2D eigenvalue weighted by atomic mass is 16.8. The number of rotatable bonds is 46. The third-order valence-electron chi connectivity index (χ3n) is 18.5. The highest BCUT2D eigenvalue weighted by molar-refractivity contribution is 5.94. The van der Waals surface area contributed by atoms with Gasteiger partial charge in [-0.3, -0.25) is 57.5 Å². The fourth-order valence-electron chi connectivity index (χ4n) is 12.6. The standard InChI is InChI=1S/C66H112N14O33/c1-25(57(96)79-33(55(69)94)15-17-41(89)77-35(61(100)101)13-9-11-19-67)71-59(98)27(3)105-53-45(75-31(7)87)63(104)107-39(23-83)51(53)112-65-44(74-30(6)86)49(93)50(38(22-82)109-65)111-66-46(76-32(8)88)54(52(40(24-84)110-66)113-64-43(73-29(5)85)48(92)47(91)37(21-81)108-64)106-28(4)60(99)72-26(2)58(97)80-34(56(70)95)16-18-42(90)78-36(62(102)103)14-10-12-20-68/h25-28,33-40,43-54,63-66,81-84,91-93,104H,9-24,67-68H2,1-8H3,(H2,69,94)(H2,70,95)(H,71,98)(H,72,99)(H,73,85)(H,74,86)(H,75,87)(H,76,88)(H,77,89)(H,78,90)(H,79,96)(H,80,97)(H,100,101)(H,102,103). The molecule has 0 aromatic heterocycles. The normalized spacial score (nSPS) is 29.8. The smallest absolute Gasteiger partial charge is 0.326 e. The van der Waals surface area contributed by atoms with Crippen molar-refractivity contribution >= 4 is 82.8 Å². The molecule has 47 nitrogen and oxygen atoms in total. The predicted molar refractivity (Wildman–Crippen MR) is 378 cm³/mol. The Balaban J connectivity index is 1.71. The van der Waals surface area contributed by atoms with Gasteiger partial charge in [-0.05, 0) is 92.2 Å². The van der Waals surface area contributed by atoms with Gasteiger partial charge in [-0.1, -0.05) is 0 Å². The first-order chi connectivity index (χ1) is 53.2. The Morgan fingerprint density at radius 3 is 1.09 bits per heavy atom. The molecule has 644 valence electrons. The first kappa shape index (κ1) is 97.2. The lowest BCUT2D eigenvalue weighted by Crippen LogP contribution is -2.72. The van der Waals surface area contributed by atoms with E-state index in [0.29, 0.717) is 25.7 Å². The number of nitrogens with two attached hydrogens (primary N) is 4. The van der Waals surface area contributed by atoms with Crippen LogP contribution < -0.4 is 76.1 Å². The van der Waals surface area contributed by atoms with Gasteiger partial charge in [-0.25, -0.2) is 9.59 Å². The van der Waals surface area contributed by atoms with Gasteiger partial charge in [0.1, 0.15) is 146 Å². The topological polar surface area (TPSA) is 749 Å². The van der Waals surface area contributed by atoms with Crippen LogP contribution in [0.3, 0.4) is 0 Å². The van der Waals surface area contributed by atoms with E-state index in [1.54, 1.807) is 0 Å². The summed E-state index contributed by atoms with van der Waals surface area (Å²) in [4.78, 5) is 182. The Hall–Kier alpha value is -8.18. The van der Waals surface area contributed by atoms with Crippen molar-refractivity contribution in [3.05, 3.63) is 0 Å². The number of aliphatic hydroxyl groups excluding tert-OH is 8. The Morgan fingerprint density at radius 1 is 0.381 bits per heavy atom. The van der Waals surface area contributed by atoms with Crippen molar-refractivity contribution in [1.29, 1.82) is 0 Å². The molecule has 4 heterocycles. The number of carbonyl (C=O) groups is 14. The van der Waals surface area contributed by atoms with Crippen LogP contribution in [0.1, 0.15) is 120 Å². The van der Waals surface area contributed by atoms with Crippen molar-refractivity contribution in [3.8, 4) is 0 Å². The van der Waals surface area contributed by atoms with Crippen molar-refractivity contribution in [2.45, 2.75) is 291 Å². The van der Waals surface area contributed by atoms with E-state index in [-0.39, 0.29) is 25.9 Å². The SMILES string of the molecule is CC(=O)NC1C(OC2C(CO)OC(OC3C(CO)OC(OC4C(CO)OC(O)C(NC(C)=O)C4OC(C)C(=O)NC(C)C(=O)NC(CCC(=O)NC(CCCCN)C(=O)O)C(N)=O)C(NC(C)=O)C3O)C(NC(C)=O)C2OC(C)C(=O)NC(C)C(=O)NC(CCC(=O)NC(CCCCN)C(=O)O)C(N)=O)OC(CO)C(O)C1O. The molecule has 0 bridgehead atoms. The Labute approximate surface area is 648 Å². The van der Waals surface area contributed by atoms with E-state index in [1.165, 1.54) is 6.92 Å². The van der Waals surface area contributed by atoms with Crippen molar-refractivity contribution in [1.82, 2.24) is 53.2 Å². The molecule has 0 saturated carbocycles. The molecule has 4 saturated heterocycles. The summed E-state index contributed by atoms with van der Waals surface area (Å²) in [6.45, 7) is 4.66. The van der Waals surface area contributed by atoms with Gasteiger partial charge >= 0.3 is 11.9 Å². The van der Waals surface area contributed by atoms with E-state index in [4.69, 9.17) is 65.6 Å². The summed E-state index contributed by atoms with van der Waals surface area (Å²) in [6.07, 6.45) is -34.9. The minimum absolute atomic E-state index is 0.0352. The molecule has 4 aliphatic heterocycles. The van der Waals surface area contributed by atoms with Gasteiger partial charge in [0.2, 0.25) is 70.9 Å². The number of carboxylic acids is 2. The molecule has 0 aromatic carbocycles. The van der Waals surface area contributed by atoms with Crippen LogP contribution in [-0.4, -0.2) is 344 Å². The van der Waals surface area contributed by atoms with Crippen molar-refractivity contribution in [2.75, 3.05) is 39.5 Å². The molecular weight excluding hydrogens is 1520 g/mol. The fraction of sp³-hybridized carbons (Fsp3) is 0.788. The minimum atomic E-state index is -2.23. The zero-order valence-electron chi connectivity index (χ0n) is 63.7. The summed E-state index contributed by atoms with van der Waals surface area (Å²) in [7, 11) is 0. The average Bonchev–Trinajstić information content (AvgIpc) is 0.767. The van der Waals surface area contributed by atoms with Crippen LogP contribution in [0.5, 0.6) is 0 Å². The number of ether oxygens (including phenoxy) is 9. The molecular formula is C66H112N14O33. The van der Waals surface area contributed by atoms with E-state index in [9.17, 15) is 118 Å². The average molecular weight is 1630 g/mol. The summed E-state index contributed by atoms with van der Waals surface area (Å²) in [5, 5.41) is 132. The second-order valence-corrected chi connectivity index (χ2v) is 27.5. The highest BCUT2D eigenvalue weighted by Gasteiger charge is 2.58. The second kappa shape index (κ2) is 47.0. The second-order valence-electron chi connectivity index (χ2n) is 27.5. The maximum atomic E-state index is 14.3. The molecule has 0 radical (unpaired) electrons. The van der Waals surface area contributed by atoms with E-state index < -0.39 is 306 Å². The molecule has 4 fully saturated rings. The summed E-state index contributed by atoms with van der Waals surface area (Å²) >= 11 is 0. The molecule has 113 heavy (non-hydrogen) atoms. The van der Waals surface area contributed by atoms with E-state index in [0.717, 1.165) is 48.5 Å². The monoisotopic (exact) mass is 1630 g/mol. The number of unbranched alkanes of at least 4 members (excludes halogenated alkanes) is 2. The summed E-state index contributed by atoms with van der Waals surface area (Å²) < 4.78 is 55.7. The van der Waals surface area contributed by atoms with Crippen LogP contribution in [0.4, 0.5) is 0 Å². The highest BCUT2D eigenvalue weighted by Crippen LogP contribution is 2.37. The van der Waals surface area contributed by atoms with E-state index >= 15 is 0 Å². The van der Waals surface area contributed by atoms with Crippen LogP contribution in [0.2, 0.25) is 0 Å². The largest absolute Gasteiger partial charge is 0.480 e. The van der Waals surface area contributed by atoms with Crippen molar-refractivity contribution < 1.29 is 161 Å². The number of carbonyl (C=O) groups excluding carboxylic acids is 12. The summed E-state index contributed by atoms with van der Waals surface area (Å²) in [6, 6.07) is -16.1. The lowest BCUT2D eigenvalue weighted by Gasteiger charge is -2.52. The summed E-state index contributed by atoms with van der Waals surface area (Å²) in [5.74, 6) is -14.4. The van der Waals surface area contributed by atoms with Gasteiger partial charge in [-0.15, -0.1) is 0 Å². The molecule has 0 aromatic rings. The van der Waals surface area contributed by atoms with Gasteiger partial charge in [0.15, 0.2) is 25.2 Å². The van der Waals surface area contributed by atoms with Crippen molar-refractivity contribution in [3.63, 3.8) is 0 Å². The molecule has 0 spiro atoms. The maximum absolute atomic E-state index is 14.3. The molecule has 47 heteroatoms. The lowest BCUT2D eigenvalue weighted by molar-refractivity contribution is -0.365. The molecule has 12 amide bonds. The van der Waals surface area contributed by atoms with Crippen LogP contribution in [0.15, 0.2) is 0 Å². The molecule has 28 N–H and O–H groups in total. The lowest BCUT2D eigenvalue weighted by atomic mass is 9.92. The van der Waals surface area contributed by atoms with Crippen LogP contribution >= 0.6 is 0 Å².